The number of benzene rings is 2. The summed E-state index contributed by atoms with van der Waals surface area (Å²) in [5.74, 6) is -1.23. The summed E-state index contributed by atoms with van der Waals surface area (Å²) in [6.45, 7) is 3.06. The Balaban J connectivity index is 2.12. The maximum absolute atomic E-state index is 13.5. The Morgan fingerprint density at radius 2 is 1.70 bits per heavy atom. The van der Waals surface area contributed by atoms with Gasteiger partial charge in [0.2, 0.25) is 15.9 Å². The van der Waals surface area contributed by atoms with Gasteiger partial charge in [-0.15, -0.1) is 0 Å². The third-order valence-electron chi connectivity index (χ3n) is 3.24. The smallest absolute Gasteiger partial charge is 0.242 e. The second-order valence-electron chi connectivity index (χ2n) is 5.08. The summed E-state index contributed by atoms with van der Waals surface area (Å²) in [7, 11) is -3.84. The van der Waals surface area contributed by atoms with Crippen molar-refractivity contribution in [2.75, 3.05) is 5.32 Å². The number of rotatable bonds is 5. The number of sulfonamides is 1. The molecule has 0 aliphatic carbocycles. The van der Waals surface area contributed by atoms with E-state index in [-0.39, 0.29) is 10.6 Å². The monoisotopic (exact) mass is 336 g/mol. The first kappa shape index (κ1) is 17.1. The molecule has 2 aromatic carbocycles. The lowest BCUT2D eigenvalue weighted by atomic mass is 10.2. The van der Waals surface area contributed by atoms with Crippen LogP contribution in [0.15, 0.2) is 53.4 Å². The number of nitrogens with one attached hydrogen (secondary N) is 2. The van der Waals surface area contributed by atoms with Gasteiger partial charge in [0.05, 0.1) is 16.6 Å². The van der Waals surface area contributed by atoms with E-state index < -0.39 is 27.8 Å². The molecule has 7 heteroatoms. The molecule has 1 unspecified atom stereocenters. The van der Waals surface area contributed by atoms with Gasteiger partial charge in [-0.2, -0.15) is 4.72 Å². The fourth-order valence-electron chi connectivity index (χ4n) is 2.01. The Kier molecular flexibility index (Phi) is 5.12. The van der Waals surface area contributed by atoms with E-state index in [1.54, 1.807) is 31.2 Å². The lowest BCUT2D eigenvalue weighted by Crippen LogP contribution is -2.41. The van der Waals surface area contributed by atoms with Gasteiger partial charge in [-0.3, -0.25) is 4.79 Å². The van der Waals surface area contributed by atoms with Crippen molar-refractivity contribution in [3.05, 3.63) is 59.9 Å². The van der Waals surface area contributed by atoms with Crippen LogP contribution in [-0.2, 0) is 14.8 Å². The van der Waals surface area contributed by atoms with Crippen molar-refractivity contribution in [2.45, 2.75) is 24.8 Å². The van der Waals surface area contributed by atoms with E-state index in [0.717, 1.165) is 0 Å². The van der Waals surface area contributed by atoms with Crippen LogP contribution in [0.3, 0.4) is 0 Å². The van der Waals surface area contributed by atoms with Gasteiger partial charge in [0.25, 0.3) is 0 Å². The number of carbonyl (C=O) groups excluding carboxylic acids is 1. The molecular formula is C16H17FN2O3S. The van der Waals surface area contributed by atoms with E-state index in [4.69, 9.17) is 0 Å². The molecule has 5 nitrogen and oxygen atoms in total. The van der Waals surface area contributed by atoms with Gasteiger partial charge in [-0.05, 0) is 37.6 Å². The highest BCUT2D eigenvalue weighted by atomic mass is 32.2. The van der Waals surface area contributed by atoms with Crippen molar-refractivity contribution < 1.29 is 17.6 Å². The molecule has 0 saturated heterocycles. The molecule has 0 aliphatic heterocycles. The number of aryl methyl sites for hydroxylation is 1. The van der Waals surface area contributed by atoms with Crippen molar-refractivity contribution in [3.8, 4) is 0 Å². The second-order valence-corrected chi connectivity index (χ2v) is 6.76. The van der Waals surface area contributed by atoms with Gasteiger partial charge in [0.15, 0.2) is 0 Å². The lowest BCUT2D eigenvalue weighted by Gasteiger charge is -2.15. The summed E-state index contributed by atoms with van der Waals surface area (Å²) in [5, 5.41) is 2.36. The molecule has 2 N–H and O–H groups in total. The van der Waals surface area contributed by atoms with Crippen LogP contribution in [0, 0.1) is 12.7 Å². The molecule has 2 rings (SSSR count). The van der Waals surface area contributed by atoms with Crippen LogP contribution in [0.5, 0.6) is 0 Å². The van der Waals surface area contributed by atoms with Crippen molar-refractivity contribution in [3.63, 3.8) is 0 Å². The van der Waals surface area contributed by atoms with Crippen LogP contribution in [0.1, 0.15) is 12.5 Å². The molecule has 1 amide bonds. The largest absolute Gasteiger partial charge is 0.322 e. The number of halogens is 1. The number of hydrogen-bond acceptors (Lipinski definition) is 3. The summed E-state index contributed by atoms with van der Waals surface area (Å²) >= 11 is 0. The minimum absolute atomic E-state index is 0.000519. The number of amides is 1. The van der Waals surface area contributed by atoms with Gasteiger partial charge in [0, 0.05) is 0 Å². The Morgan fingerprint density at radius 1 is 1.09 bits per heavy atom. The van der Waals surface area contributed by atoms with Crippen LogP contribution in [0.2, 0.25) is 0 Å². The first-order valence-corrected chi connectivity index (χ1v) is 8.43. The first-order valence-electron chi connectivity index (χ1n) is 6.94. The molecule has 1 atom stereocenters. The average Bonchev–Trinajstić information content (AvgIpc) is 2.49. The Hall–Kier alpha value is -2.25. The van der Waals surface area contributed by atoms with Gasteiger partial charge < -0.3 is 5.32 Å². The lowest BCUT2D eigenvalue weighted by molar-refractivity contribution is -0.117. The standard InChI is InChI=1S/C16H17FN2O3S/c1-11-7-3-6-10-15(11)23(21,22)19-12(2)16(20)18-14-9-5-4-8-13(14)17/h3-10,12,19H,1-2H3,(H,18,20). The summed E-state index contributed by atoms with van der Waals surface area (Å²) in [6, 6.07) is 11.1. The van der Waals surface area contributed by atoms with Crippen LogP contribution < -0.4 is 10.0 Å². The minimum Gasteiger partial charge on any atom is -0.322 e. The zero-order chi connectivity index (χ0) is 17.0. The van der Waals surface area contributed by atoms with E-state index in [0.29, 0.717) is 5.56 Å². The zero-order valence-electron chi connectivity index (χ0n) is 12.7. The van der Waals surface area contributed by atoms with Crippen LogP contribution in [-0.4, -0.2) is 20.4 Å². The molecule has 0 heterocycles. The molecule has 23 heavy (non-hydrogen) atoms. The molecular weight excluding hydrogens is 319 g/mol. The molecule has 0 aromatic heterocycles. The summed E-state index contributed by atoms with van der Waals surface area (Å²) in [4.78, 5) is 12.2. The maximum Gasteiger partial charge on any atom is 0.242 e. The van der Waals surface area contributed by atoms with E-state index in [9.17, 15) is 17.6 Å². The Morgan fingerprint density at radius 3 is 2.35 bits per heavy atom. The molecule has 0 fully saturated rings. The molecule has 0 saturated carbocycles. The molecule has 2 aromatic rings. The predicted octanol–water partition coefficient (Wildman–Crippen LogP) is 2.44. The summed E-state index contributed by atoms with van der Waals surface area (Å²) in [6.07, 6.45) is 0. The molecule has 0 bridgehead atoms. The normalized spacial score (nSPS) is 12.7. The fraction of sp³-hybridized carbons (Fsp3) is 0.188. The number of hydrogen-bond donors (Lipinski definition) is 2. The van der Waals surface area contributed by atoms with E-state index in [1.807, 2.05) is 0 Å². The molecule has 122 valence electrons. The average molecular weight is 336 g/mol. The van der Waals surface area contributed by atoms with Gasteiger partial charge in [0.1, 0.15) is 5.82 Å². The summed E-state index contributed by atoms with van der Waals surface area (Å²) in [5.41, 5.74) is 0.571. The number of anilines is 1. The fourth-order valence-corrected chi connectivity index (χ4v) is 3.46. The van der Waals surface area contributed by atoms with Gasteiger partial charge in [-0.1, -0.05) is 30.3 Å². The highest BCUT2D eigenvalue weighted by Crippen LogP contribution is 2.15. The van der Waals surface area contributed by atoms with E-state index in [2.05, 4.69) is 10.0 Å². The molecule has 0 radical (unpaired) electrons. The second kappa shape index (κ2) is 6.89. The van der Waals surface area contributed by atoms with Crippen molar-refractivity contribution in [1.29, 1.82) is 0 Å². The molecule has 0 spiro atoms. The predicted molar refractivity (Wildman–Crippen MR) is 86.0 cm³/mol. The third-order valence-corrected chi connectivity index (χ3v) is 4.94. The third kappa shape index (κ3) is 4.14. The minimum atomic E-state index is -3.84. The van der Waals surface area contributed by atoms with Gasteiger partial charge >= 0.3 is 0 Å². The van der Waals surface area contributed by atoms with E-state index in [1.165, 1.54) is 31.2 Å². The zero-order valence-corrected chi connectivity index (χ0v) is 13.5. The SMILES string of the molecule is Cc1ccccc1S(=O)(=O)NC(C)C(=O)Nc1ccccc1F. The molecule has 0 aliphatic rings. The van der Waals surface area contributed by atoms with Crippen LogP contribution in [0.4, 0.5) is 10.1 Å². The first-order chi connectivity index (χ1) is 10.8. The number of para-hydroxylation sites is 1. The summed E-state index contributed by atoms with van der Waals surface area (Å²) < 4.78 is 40.5. The Labute approximate surface area is 134 Å². The number of carbonyl (C=O) groups is 1. The van der Waals surface area contributed by atoms with Crippen molar-refractivity contribution in [1.82, 2.24) is 4.72 Å². The Bertz CT molecular complexity index is 822. The maximum atomic E-state index is 13.5. The quantitative estimate of drug-likeness (QED) is 0.880. The highest BCUT2D eigenvalue weighted by molar-refractivity contribution is 7.89. The van der Waals surface area contributed by atoms with Gasteiger partial charge in [-0.25, -0.2) is 12.8 Å². The van der Waals surface area contributed by atoms with Crippen molar-refractivity contribution >= 4 is 21.6 Å². The highest BCUT2D eigenvalue weighted by Gasteiger charge is 2.23. The van der Waals surface area contributed by atoms with Crippen LogP contribution in [0.25, 0.3) is 0 Å². The topological polar surface area (TPSA) is 75.3 Å². The van der Waals surface area contributed by atoms with E-state index >= 15 is 0 Å². The van der Waals surface area contributed by atoms with Crippen molar-refractivity contribution in [2.24, 2.45) is 0 Å². The van der Waals surface area contributed by atoms with Crippen LogP contribution >= 0.6 is 0 Å².